The van der Waals surface area contributed by atoms with Gasteiger partial charge in [-0.2, -0.15) is 0 Å². The molecule has 0 bridgehead atoms. The van der Waals surface area contributed by atoms with Crippen molar-refractivity contribution in [2.24, 2.45) is 0 Å². The van der Waals surface area contributed by atoms with Crippen LogP contribution < -0.4 is 10.0 Å². The van der Waals surface area contributed by atoms with Gasteiger partial charge in [0.2, 0.25) is 10.0 Å². The fourth-order valence-corrected chi connectivity index (χ4v) is 3.96. The lowest BCUT2D eigenvalue weighted by atomic mass is 10.1. The smallest absolute Gasteiger partial charge is 0.255 e. The number of carbonyl (C=O) groups is 1. The topological polar surface area (TPSA) is 93.1 Å². The van der Waals surface area contributed by atoms with Crippen molar-refractivity contribution in [3.05, 3.63) is 78.4 Å². The van der Waals surface area contributed by atoms with Crippen LogP contribution in [-0.2, 0) is 16.6 Å². The van der Waals surface area contributed by atoms with Crippen molar-refractivity contribution in [3.63, 3.8) is 0 Å². The molecule has 28 heavy (non-hydrogen) atoms. The van der Waals surface area contributed by atoms with Gasteiger partial charge >= 0.3 is 0 Å². The van der Waals surface area contributed by atoms with Crippen LogP contribution in [0.1, 0.15) is 29.8 Å². The Bertz CT molecular complexity index is 1040. The normalized spacial score (nSPS) is 11.5. The number of hydrogen-bond donors (Lipinski definition) is 2. The number of sulfonamides is 1. The van der Waals surface area contributed by atoms with Gasteiger partial charge in [-0.1, -0.05) is 12.1 Å². The minimum absolute atomic E-state index is 0.125. The molecular weight excluding hydrogens is 376 g/mol. The highest BCUT2D eigenvalue weighted by Crippen LogP contribution is 2.15. The summed E-state index contributed by atoms with van der Waals surface area (Å²) >= 11 is 0. The average molecular weight is 398 g/mol. The minimum atomic E-state index is -3.58. The quantitative estimate of drug-likeness (QED) is 0.640. The molecule has 0 unspecified atom stereocenters. The lowest BCUT2D eigenvalue weighted by molar-refractivity contribution is 0.102. The Morgan fingerprint density at radius 2 is 1.89 bits per heavy atom. The number of amides is 1. The van der Waals surface area contributed by atoms with Gasteiger partial charge in [0.25, 0.3) is 5.91 Å². The van der Waals surface area contributed by atoms with E-state index in [-0.39, 0.29) is 16.8 Å². The monoisotopic (exact) mass is 398 g/mol. The van der Waals surface area contributed by atoms with Gasteiger partial charge in [0.1, 0.15) is 0 Å². The number of nitrogens with one attached hydrogen (secondary N) is 2. The molecule has 0 aliphatic heterocycles. The standard InChI is InChI=1S/C20H22N4O3S/c1-15(2)23-28(26,27)19-8-6-17(7-9-19)20(25)22-18-5-3-4-16(12-18)13-24-11-10-21-14-24/h3-12,14-15,23H,13H2,1-2H3,(H,22,25). The largest absolute Gasteiger partial charge is 0.333 e. The number of hydrogen-bond acceptors (Lipinski definition) is 4. The zero-order chi connectivity index (χ0) is 20.1. The number of aromatic nitrogens is 2. The molecule has 1 heterocycles. The first-order valence-corrected chi connectivity index (χ1v) is 10.3. The van der Waals surface area contributed by atoms with Crippen molar-refractivity contribution in [2.75, 3.05) is 5.32 Å². The molecule has 0 aliphatic carbocycles. The number of carbonyl (C=O) groups excluding carboxylic acids is 1. The molecule has 1 aromatic heterocycles. The molecule has 0 saturated heterocycles. The molecule has 0 spiro atoms. The fourth-order valence-electron chi connectivity index (χ4n) is 2.71. The number of benzene rings is 2. The summed E-state index contributed by atoms with van der Waals surface area (Å²) in [6.07, 6.45) is 5.32. The molecule has 1 amide bonds. The van der Waals surface area contributed by atoms with E-state index < -0.39 is 10.0 Å². The minimum Gasteiger partial charge on any atom is -0.333 e. The van der Waals surface area contributed by atoms with Gasteiger partial charge in [-0.05, 0) is 55.8 Å². The van der Waals surface area contributed by atoms with E-state index in [2.05, 4.69) is 15.0 Å². The Morgan fingerprint density at radius 3 is 2.54 bits per heavy atom. The lowest BCUT2D eigenvalue weighted by Gasteiger charge is -2.11. The van der Waals surface area contributed by atoms with Gasteiger partial charge in [0, 0.05) is 36.2 Å². The van der Waals surface area contributed by atoms with Crippen molar-refractivity contribution in [1.82, 2.24) is 14.3 Å². The van der Waals surface area contributed by atoms with Crippen molar-refractivity contribution >= 4 is 21.6 Å². The first kappa shape index (κ1) is 19.8. The summed E-state index contributed by atoms with van der Waals surface area (Å²) in [4.78, 5) is 16.6. The van der Waals surface area contributed by atoms with Crippen molar-refractivity contribution in [1.29, 1.82) is 0 Å². The second-order valence-electron chi connectivity index (χ2n) is 6.69. The Balaban J connectivity index is 1.69. The average Bonchev–Trinajstić information content (AvgIpc) is 3.14. The molecule has 0 aliphatic rings. The molecule has 3 rings (SSSR count). The van der Waals surface area contributed by atoms with Crippen LogP contribution in [0.2, 0.25) is 0 Å². The van der Waals surface area contributed by atoms with Crippen LogP contribution in [0, 0.1) is 0 Å². The first-order chi connectivity index (χ1) is 13.3. The molecule has 0 atom stereocenters. The third kappa shape index (κ3) is 5.05. The van der Waals surface area contributed by atoms with Gasteiger partial charge in [0.05, 0.1) is 11.2 Å². The molecule has 0 saturated carbocycles. The van der Waals surface area contributed by atoms with Crippen LogP contribution in [0.15, 0.2) is 72.1 Å². The summed E-state index contributed by atoms with van der Waals surface area (Å²) in [6, 6.07) is 13.2. The van der Waals surface area contributed by atoms with E-state index in [1.54, 1.807) is 32.4 Å². The molecule has 146 valence electrons. The van der Waals surface area contributed by atoms with Crippen LogP contribution in [0.25, 0.3) is 0 Å². The summed E-state index contributed by atoms with van der Waals surface area (Å²) in [7, 11) is -3.58. The highest BCUT2D eigenvalue weighted by Gasteiger charge is 2.16. The Kier molecular flexibility index (Phi) is 5.91. The van der Waals surface area contributed by atoms with Crippen LogP contribution in [-0.4, -0.2) is 29.9 Å². The molecular formula is C20H22N4O3S. The number of nitrogens with zero attached hydrogens (tertiary/aromatic N) is 2. The van der Waals surface area contributed by atoms with Gasteiger partial charge in [-0.3, -0.25) is 4.79 Å². The number of imidazole rings is 1. The zero-order valence-corrected chi connectivity index (χ0v) is 16.5. The third-order valence-electron chi connectivity index (χ3n) is 3.93. The molecule has 2 N–H and O–H groups in total. The van der Waals surface area contributed by atoms with E-state index in [1.807, 2.05) is 29.0 Å². The van der Waals surface area contributed by atoms with Gasteiger partial charge in [-0.25, -0.2) is 18.1 Å². The molecule has 7 nitrogen and oxygen atoms in total. The van der Waals surface area contributed by atoms with Crippen LogP contribution in [0.5, 0.6) is 0 Å². The predicted molar refractivity (Wildman–Crippen MR) is 108 cm³/mol. The Morgan fingerprint density at radius 1 is 1.14 bits per heavy atom. The zero-order valence-electron chi connectivity index (χ0n) is 15.7. The van der Waals surface area contributed by atoms with Gasteiger partial charge in [0.15, 0.2) is 0 Å². The van der Waals surface area contributed by atoms with Crippen LogP contribution in [0.3, 0.4) is 0 Å². The van der Waals surface area contributed by atoms with Crippen molar-refractivity contribution in [3.8, 4) is 0 Å². The Labute approximate surface area is 164 Å². The number of rotatable bonds is 7. The van der Waals surface area contributed by atoms with Crippen LogP contribution >= 0.6 is 0 Å². The van der Waals surface area contributed by atoms with E-state index in [1.165, 1.54) is 24.3 Å². The van der Waals surface area contributed by atoms with E-state index >= 15 is 0 Å². The van der Waals surface area contributed by atoms with Gasteiger partial charge in [-0.15, -0.1) is 0 Å². The van der Waals surface area contributed by atoms with E-state index in [9.17, 15) is 13.2 Å². The number of anilines is 1. The van der Waals surface area contributed by atoms with Crippen molar-refractivity contribution < 1.29 is 13.2 Å². The Hall–Kier alpha value is -2.97. The fraction of sp³-hybridized carbons (Fsp3) is 0.200. The van der Waals surface area contributed by atoms with E-state index in [4.69, 9.17) is 0 Å². The summed E-state index contributed by atoms with van der Waals surface area (Å²) in [5.74, 6) is -0.305. The highest BCUT2D eigenvalue weighted by molar-refractivity contribution is 7.89. The summed E-state index contributed by atoms with van der Waals surface area (Å²) < 4.78 is 28.8. The second kappa shape index (κ2) is 8.37. The maximum absolute atomic E-state index is 12.5. The maximum atomic E-state index is 12.5. The van der Waals surface area contributed by atoms with E-state index in [0.29, 0.717) is 17.8 Å². The molecule has 3 aromatic rings. The van der Waals surface area contributed by atoms with E-state index in [0.717, 1.165) is 5.56 Å². The highest BCUT2D eigenvalue weighted by atomic mass is 32.2. The predicted octanol–water partition coefficient (Wildman–Crippen LogP) is 2.87. The molecule has 8 heteroatoms. The van der Waals surface area contributed by atoms with Crippen molar-refractivity contribution in [2.45, 2.75) is 31.3 Å². The summed E-state index contributed by atoms with van der Waals surface area (Å²) in [5, 5.41) is 2.84. The van der Waals surface area contributed by atoms with Gasteiger partial charge < -0.3 is 9.88 Å². The SMILES string of the molecule is CC(C)NS(=O)(=O)c1ccc(C(=O)Nc2cccc(Cn3ccnc3)c2)cc1. The third-order valence-corrected chi connectivity index (χ3v) is 5.60. The molecule has 0 fully saturated rings. The lowest BCUT2D eigenvalue weighted by Crippen LogP contribution is -2.30. The molecule has 2 aromatic carbocycles. The van der Waals surface area contributed by atoms with Crippen LogP contribution in [0.4, 0.5) is 5.69 Å². The maximum Gasteiger partial charge on any atom is 0.255 e. The summed E-state index contributed by atoms with van der Waals surface area (Å²) in [6.45, 7) is 4.15. The summed E-state index contributed by atoms with van der Waals surface area (Å²) in [5.41, 5.74) is 2.07. The second-order valence-corrected chi connectivity index (χ2v) is 8.40. The first-order valence-electron chi connectivity index (χ1n) is 8.82. The molecule has 0 radical (unpaired) electrons.